The van der Waals surface area contributed by atoms with Gasteiger partial charge in [-0.2, -0.15) is 0 Å². The van der Waals surface area contributed by atoms with Gasteiger partial charge in [0.2, 0.25) is 5.91 Å². The Bertz CT molecular complexity index is 408. The first kappa shape index (κ1) is 15.2. The summed E-state index contributed by atoms with van der Waals surface area (Å²) in [6.45, 7) is 8.59. The molecule has 106 valence electrons. The topological polar surface area (TPSA) is 78.9 Å². The van der Waals surface area contributed by atoms with Gasteiger partial charge in [-0.15, -0.1) is 0 Å². The second kappa shape index (κ2) is 7.56. The zero-order chi connectivity index (χ0) is 14.3. The second-order valence-corrected chi connectivity index (χ2v) is 4.75. The highest BCUT2D eigenvalue weighted by Gasteiger charge is 2.13. The van der Waals surface area contributed by atoms with Crippen LogP contribution in [0.5, 0.6) is 0 Å². The van der Waals surface area contributed by atoms with Crippen LogP contribution in [0.1, 0.15) is 34.1 Å². The molecule has 6 nitrogen and oxygen atoms in total. The number of rotatable bonds is 7. The van der Waals surface area contributed by atoms with Crippen LogP contribution in [-0.4, -0.2) is 34.5 Å². The number of carbonyl (C=O) groups is 1. The van der Waals surface area contributed by atoms with Crippen molar-refractivity contribution >= 4 is 17.5 Å². The molecule has 6 heteroatoms. The van der Waals surface area contributed by atoms with Crippen LogP contribution in [-0.2, 0) is 4.79 Å². The SMILES string of the molecule is CCCNc1cncc(NC(C)C(=O)NC(C)C)n1. The van der Waals surface area contributed by atoms with E-state index in [1.54, 1.807) is 19.3 Å². The normalized spacial score (nSPS) is 12.1. The van der Waals surface area contributed by atoms with Gasteiger partial charge < -0.3 is 16.0 Å². The van der Waals surface area contributed by atoms with Crippen molar-refractivity contribution in [1.29, 1.82) is 0 Å². The molecule has 0 fully saturated rings. The predicted octanol–water partition coefficient (Wildman–Crippen LogP) is 1.62. The van der Waals surface area contributed by atoms with Crippen molar-refractivity contribution in [3.8, 4) is 0 Å². The molecule has 1 amide bonds. The largest absolute Gasteiger partial charge is 0.369 e. The fourth-order valence-electron chi connectivity index (χ4n) is 1.47. The monoisotopic (exact) mass is 265 g/mol. The van der Waals surface area contributed by atoms with Gasteiger partial charge in [0.05, 0.1) is 12.4 Å². The van der Waals surface area contributed by atoms with Crippen molar-refractivity contribution in [2.24, 2.45) is 0 Å². The van der Waals surface area contributed by atoms with Gasteiger partial charge in [-0.1, -0.05) is 6.92 Å². The summed E-state index contributed by atoms with van der Waals surface area (Å²) in [6.07, 6.45) is 4.29. The molecule has 1 aromatic heterocycles. The molecule has 0 aliphatic heterocycles. The van der Waals surface area contributed by atoms with Crippen LogP contribution in [0.2, 0.25) is 0 Å². The Morgan fingerprint density at radius 2 is 1.95 bits per heavy atom. The highest BCUT2D eigenvalue weighted by Crippen LogP contribution is 2.08. The highest BCUT2D eigenvalue weighted by molar-refractivity contribution is 5.84. The zero-order valence-corrected chi connectivity index (χ0v) is 12.0. The van der Waals surface area contributed by atoms with Crippen molar-refractivity contribution in [1.82, 2.24) is 15.3 Å². The molecule has 1 heterocycles. The molecule has 0 saturated carbocycles. The molecular formula is C13H23N5O. The lowest BCUT2D eigenvalue weighted by atomic mass is 10.3. The average Bonchev–Trinajstić information content (AvgIpc) is 2.36. The third-order valence-corrected chi connectivity index (χ3v) is 2.38. The summed E-state index contributed by atoms with van der Waals surface area (Å²) in [5, 5.41) is 9.04. The second-order valence-electron chi connectivity index (χ2n) is 4.75. The lowest BCUT2D eigenvalue weighted by Gasteiger charge is -2.16. The van der Waals surface area contributed by atoms with Gasteiger partial charge >= 0.3 is 0 Å². The fraction of sp³-hybridized carbons (Fsp3) is 0.615. The summed E-state index contributed by atoms with van der Waals surface area (Å²) in [4.78, 5) is 20.2. The van der Waals surface area contributed by atoms with E-state index >= 15 is 0 Å². The zero-order valence-electron chi connectivity index (χ0n) is 12.0. The first-order valence-corrected chi connectivity index (χ1v) is 6.65. The first-order chi connectivity index (χ1) is 9.02. The average molecular weight is 265 g/mol. The fourth-order valence-corrected chi connectivity index (χ4v) is 1.47. The summed E-state index contributed by atoms with van der Waals surface area (Å²) < 4.78 is 0. The molecule has 3 N–H and O–H groups in total. The molecular weight excluding hydrogens is 242 g/mol. The van der Waals surface area contributed by atoms with E-state index in [9.17, 15) is 4.79 Å². The molecule has 1 unspecified atom stereocenters. The van der Waals surface area contributed by atoms with Crippen LogP contribution in [0.4, 0.5) is 11.6 Å². The lowest BCUT2D eigenvalue weighted by molar-refractivity contribution is -0.122. The smallest absolute Gasteiger partial charge is 0.242 e. The van der Waals surface area contributed by atoms with Crippen molar-refractivity contribution in [3.63, 3.8) is 0 Å². The van der Waals surface area contributed by atoms with Crippen LogP contribution >= 0.6 is 0 Å². The Hall–Kier alpha value is -1.85. The number of hydrogen-bond acceptors (Lipinski definition) is 5. The number of amides is 1. The maximum Gasteiger partial charge on any atom is 0.242 e. The van der Waals surface area contributed by atoms with E-state index in [1.165, 1.54) is 0 Å². The molecule has 0 bridgehead atoms. The first-order valence-electron chi connectivity index (χ1n) is 6.65. The van der Waals surface area contributed by atoms with E-state index in [2.05, 4.69) is 32.8 Å². The standard InChI is InChI=1S/C13H23N5O/c1-5-6-15-11-7-14-8-12(18-11)17-10(4)13(19)16-9(2)3/h7-10H,5-6H2,1-4H3,(H,16,19)(H2,15,17,18). The lowest BCUT2D eigenvalue weighted by Crippen LogP contribution is -2.41. The van der Waals surface area contributed by atoms with Crippen molar-refractivity contribution in [2.75, 3.05) is 17.2 Å². The number of hydrogen-bond donors (Lipinski definition) is 3. The minimum absolute atomic E-state index is 0.0521. The molecule has 0 aliphatic rings. The molecule has 1 rings (SSSR count). The number of aromatic nitrogens is 2. The minimum Gasteiger partial charge on any atom is -0.369 e. The van der Waals surface area contributed by atoms with Crippen molar-refractivity contribution < 1.29 is 4.79 Å². The molecule has 0 spiro atoms. The van der Waals surface area contributed by atoms with Gasteiger partial charge in [-0.25, -0.2) is 4.98 Å². The van der Waals surface area contributed by atoms with E-state index in [-0.39, 0.29) is 18.0 Å². The predicted molar refractivity (Wildman–Crippen MR) is 77.2 cm³/mol. The summed E-state index contributed by atoms with van der Waals surface area (Å²) in [6, 6.07) is -0.224. The third kappa shape index (κ3) is 5.54. The molecule has 1 atom stereocenters. The summed E-state index contributed by atoms with van der Waals surface area (Å²) in [5.74, 6) is 1.25. The van der Waals surface area contributed by atoms with Crippen LogP contribution in [0, 0.1) is 0 Å². The molecule has 0 aromatic carbocycles. The minimum atomic E-state index is -0.349. The molecule has 19 heavy (non-hydrogen) atoms. The Morgan fingerprint density at radius 3 is 2.58 bits per heavy atom. The van der Waals surface area contributed by atoms with Crippen molar-refractivity contribution in [2.45, 2.75) is 46.2 Å². The molecule has 0 saturated heterocycles. The van der Waals surface area contributed by atoms with E-state index in [4.69, 9.17) is 0 Å². The Kier molecular flexibility index (Phi) is 6.05. The van der Waals surface area contributed by atoms with E-state index in [0.717, 1.165) is 13.0 Å². The van der Waals surface area contributed by atoms with E-state index < -0.39 is 0 Å². The third-order valence-electron chi connectivity index (χ3n) is 2.38. The Morgan fingerprint density at radius 1 is 1.26 bits per heavy atom. The van der Waals surface area contributed by atoms with Crippen LogP contribution < -0.4 is 16.0 Å². The summed E-state index contributed by atoms with van der Waals surface area (Å²) in [7, 11) is 0. The van der Waals surface area contributed by atoms with E-state index in [0.29, 0.717) is 11.6 Å². The summed E-state index contributed by atoms with van der Waals surface area (Å²) >= 11 is 0. The van der Waals surface area contributed by atoms with Crippen LogP contribution in [0.15, 0.2) is 12.4 Å². The maximum atomic E-state index is 11.8. The maximum absolute atomic E-state index is 11.8. The molecule has 1 aromatic rings. The van der Waals surface area contributed by atoms with Crippen molar-refractivity contribution in [3.05, 3.63) is 12.4 Å². The Labute approximate surface area is 114 Å². The molecule has 0 aliphatic carbocycles. The quantitative estimate of drug-likeness (QED) is 0.698. The van der Waals surface area contributed by atoms with Crippen LogP contribution in [0.25, 0.3) is 0 Å². The van der Waals surface area contributed by atoms with Gasteiger partial charge in [0, 0.05) is 12.6 Å². The van der Waals surface area contributed by atoms with Gasteiger partial charge in [0.15, 0.2) is 0 Å². The highest BCUT2D eigenvalue weighted by atomic mass is 16.2. The van der Waals surface area contributed by atoms with Gasteiger partial charge in [0.1, 0.15) is 17.7 Å². The number of nitrogens with one attached hydrogen (secondary N) is 3. The Balaban J connectivity index is 2.58. The van der Waals surface area contributed by atoms with Gasteiger partial charge in [-0.3, -0.25) is 9.78 Å². The number of carbonyl (C=O) groups excluding carboxylic acids is 1. The van der Waals surface area contributed by atoms with Crippen LogP contribution in [0.3, 0.4) is 0 Å². The summed E-state index contributed by atoms with van der Waals surface area (Å²) in [5.41, 5.74) is 0. The van der Waals surface area contributed by atoms with Gasteiger partial charge in [-0.05, 0) is 27.2 Å². The van der Waals surface area contributed by atoms with E-state index in [1.807, 2.05) is 13.8 Å². The molecule has 0 radical (unpaired) electrons. The van der Waals surface area contributed by atoms with Gasteiger partial charge in [0.25, 0.3) is 0 Å². The number of nitrogens with zero attached hydrogens (tertiary/aromatic N) is 2. The number of anilines is 2.